The molecular weight excluding hydrogens is 395 g/mol. The highest BCUT2D eigenvalue weighted by atomic mass is 32.2. The minimum atomic E-state index is -4.43. The van der Waals surface area contributed by atoms with E-state index in [1.54, 1.807) is 12.3 Å². The molecule has 3 aromatic rings. The maximum absolute atomic E-state index is 13.0. The third-order valence-electron chi connectivity index (χ3n) is 3.92. The summed E-state index contributed by atoms with van der Waals surface area (Å²) in [4.78, 5) is 17.6. The Balaban J connectivity index is 2.03. The highest BCUT2D eigenvalue weighted by molar-refractivity contribution is 7.99. The first-order valence-electron chi connectivity index (χ1n) is 8.49. The fourth-order valence-electron chi connectivity index (χ4n) is 2.68. The van der Waals surface area contributed by atoms with E-state index in [9.17, 15) is 18.0 Å². The minimum absolute atomic E-state index is 0.0462. The third-order valence-corrected chi connectivity index (χ3v) is 4.84. The van der Waals surface area contributed by atoms with E-state index < -0.39 is 12.8 Å². The van der Waals surface area contributed by atoms with Gasteiger partial charge in [-0.15, -0.1) is 0 Å². The number of aliphatic hydroxyl groups is 1. The van der Waals surface area contributed by atoms with Gasteiger partial charge in [-0.2, -0.15) is 13.2 Å². The number of ether oxygens (including phenoxy) is 1. The SMILES string of the molecule is CCn1ccc2c(=O)n(-c3ccc(OCC(F)(F)F)cc3)c(SCCO)nc21. The number of nitrogens with zero attached hydrogens (tertiary/aromatic N) is 3. The second kappa shape index (κ2) is 8.27. The van der Waals surface area contributed by atoms with E-state index in [4.69, 9.17) is 9.84 Å². The molecule has 0 radical (unpaired) electrons. The zero-order chi connectivity index (χ0) is 20.3. The Morgan fingerprint density at radius 2 is 1.93 bits per heavy atom. The second-order valence-corrected chi connectivity index (χ2v) is 6.91. The molecule has 1 N–H and O–H groups in total. The number of rotatable bonds is 7. The number of benzene rings is 1. The van der Waals surface area contributed by atoms with Crippen LogP contribution in [0.5, 0.6) is 5.75 Å². The summed E-state index contributed by atoms with van der Waals surface area (Å²) in [6.45, 7) is 1.11. The molecule has 0 unspecified atom stereocenters. The molecule has 28 heavy (non-hydrogen) atoms. The highest BCUT2D eigenvalue weighted by Gasteiger charge is 2.28. The van der Waals surface area contributed by atoms with Gasteiger partial charge < -0.3 is 14.4 Å². The molecule has 3 rings (SSSR count). The first-order chi connectivity index (χ1) is 13.3. The Morgan fingerprint density at radius 1 is 1.21 bits per heavy atom. The summed E-state index contributed by atoms with van der Waals surface area (Å²) in [5.74, 6) is 0.391. The van der Waals surface area contributed by atoms with Crippen LogP contribution in [0.1, 0.15) is 6.92 Å². The van der Waals surface area contributed by atoms with E-state index in [1.807, 2.05) is 11.5 Å². The largest absolute Gasteiger partial charge is 0.484 e. The number of alkyl halides is 3. The number of thioether (sulfide) groups is 1. The number of hydrogen-bond acceptors (Lipinski definition) is 5. The zero-order valence-electron chi connectivity index (χ0n) is 14.9. The predicted molar refractivity (Wildman–Crippen MR) is 100 cm³/mol. The summed E-state index contributed by atoms with van der Waals surface area (Å²) < 4.78 is 44.8. The summed E-state index contributed by atoms with van der Waals surface area (Å²) in [7, 11) is 0. The fourth-order valence-corrected chi connectivity index (χ4v) is 3.42. The van der Waals surface area contributed by atoms with Crippen LogP contribution < -0.4 is 10.3 Å². The zero-order valence-corrected chi connectivity index (χ0v) is 15.8. The summed E-state index contributed by atoms with van der Waals surface area (Å²) in [6, 6.07) is 7.43. The molecule has 0 saturated carbocycles. The first-order valence-corrected chi connectivity index (χ1v) is 9.48. The first kappa shape index (κ1) is 20.3. The molecule has 2 heterocycles. The van der Waals surface area contributed by atoms with Crippen LogP contribution in [0.25, 0.3) is 16.7 Å². The van der Waals surface area contributed by atoms with E-state index in [2.05, 4.69) is 4.98 Å². The molecule has 0 aliphatic carbocycles. The molecule has 0 spiro atoms. The standard InChI is InChI=1S/C18H18F3N3O3S/c1-2-23-8-7-14-15(23)22-17(28-10-9-25)24(16(14)26)12-3-5-13(6-4-12)27-11-18(19,20)21/h3-8,25H,2,9-11H2,1H3. The summed E-state index contributed by atoms with van der Waals surface area (Å²) in [6.07, 6.45) is -2.65. The molecule has 0 amide bonds. The number of fused-ring (bicyclic) bond motifs is 1. The van der Waals surface area contributed by atoms with Crippen molar-refractivity contribution in [1.29, 1.82) is 0 Å². The van der Waals surface area contributed by atoms with Gasteiger partial charge in [-0.3, -0.25) is 9.36 Å². The topological polar surface area (TPSA) is 69.3 Å². The molecule has 0 saturated heterocycles. The second-order valence-electron chi connectivity index (χ2n) is 5.84. The van der Waals surface area contributed by atoms with Gasteiger partial charge in [0.15, 0.2) is 11.8 Å². The van der Waals surface area contributed by atoms with E-state index in [0.717, 1.165) is 0 Å². The summed E-state index contributed by atoms with van der Waals surface area (Å²) in [5, 5.41) is 9.97. The average Bonchev–Trinajstić information content (AvgIpc) is 3.08. The lowest BCUT2D eigenvalue weighted by Crippen LogP contribution is -2.22. The molecule has 2 aromatic heterocycles. The molecule has 0 atom stereocenters. The molecule has 1 aromatic carbocycles. The van der Waals surface area contributed by atoms with Gasteiger partial charge in [-0.1, -0.05) is 11.8 Å². The summed E-state index contributed by atoms with van der Waals surface area (Å²) >= 11 is 1.22. The molecule has 0 fully saturated rings. The minimum Gasteiger partial charge on any atom is -0.484 e. The number of aliphatic hydroxyl groups excluding tert-OH is 1. The van der Waals surface area contributed by atoms with Gasteiger partial charge in [0.25, 0.3) is 5.56 Å². The van der Waals surface area contributed by atoms with Crippen LogP contribution in [0.3, 0.4) is 0 Å². The van der Waals surface area contributed by atoms with Crippen molar-refractivity contribution >= 4 is 22.8 Å². The van der Waals surface area contributed by atoms with Crippen LogP contribution in [-0.4, -0.2) is 44.4 Å². The molecule has 0 aliphatic rings. The smallest absolute Gasteiger partial charge is 0.422 e. The van der Waals surface area contributed by atoms with E-state index in [1.165, 1.54) is 40.6 Å². The monoisotopic (exact) mass is 413 g/mol. The number of aryl methyl sites for hydroxylation is 1. The lowest BCUT2D eigenvalue weighted by Gasteiger charge is -2.14. The molecule has 150 valence electrons. The molecule has 0 aliphatic heterocycles. The Labute approximate surface area is 162 Å². The fraction of sp³-hybridized carbons (Fsp3) is 0.333. The predicted octanol–water partition coefficient (Wildman–Crippen LogP) is 3.23. The number of halogens is 3. The van der Waals surface area contributed by atoms with Crippen molar-refractivity contribution < 1.29 is 23.0 Å². The Morgan fingerprint density at radius 3 is 2.54 bits per heavy atom. The maximum Gasteiger partial charge on any atom is 0.422 e. The molecule has 6 nitrogen and oxygen atoms in total. The van der Waals surface area contributed by atoms with Gasteiger partial charge in [-0.05, 0) is 37.3 Å². The maximum atomic E-state index is 13.0. The molecular formula is C18H18F3N3O3S. The lowest BCUT2D eigenvalue weighted by atomic mass is 10.3. The molecule has 0 bridgehead atoms. The van der Waals surface area contributed by atoms with Gasteiger partial charge in [0.05, 0.1) is 17.7 Å². The lowest BCUT2D eigenvalue weighted by molar-refractivity contribution is -0.153. The van der Waals surface area contributed by atoms with Crippen molar-refractivity contribution in [3.63, 3.8) is 0 Å². The van der Waals surface area contributed by atoms with Crippen molar-refractivity contribution in [2.75, 3.05) is 19.0 Å². The van der Waals surface area contributed by atoms with Crippen LogP contribution >= 0.6 is 11.8 Å². The van der Waals surface area contributed by atoms with Gasteiger partial charge >= 0.3 is 6.18 Å². The Kier molecular flexibility index (Phi) is 5.99. The van der Waals surface area contributed by atoms with Gasteiger partial charge in [-0.25, -0.2) is 4.98 Å². The van der Waals surface area contributed by atoms with Crippen LogP contribution in [-0.2, 0) is 6.54 Å². The third kappa shape index (κ3) is 4.33. The normalized spacial score (nSPS) is 11.9. The van der Waals surface area contributed by atoms with Gasteiger partial charge in [0.2, 0.25) is 0 Å². The van der Waals surface area contributed by atoms with Crippen molar-refractivity contribution in [3.05, 3.63) is 46.9 Å². The van der Waals surface area contributed by atoms with Crippen molar-refractivity contribution in [1.82, 2.24) is 14.1 Å². The van der Waals surface area contributed by atoms with Gasteiger partial charge in [0, 0.05) is 18.5 Å². The number of aromatic nitrogens is 3. The highest BCUT2D eigenvalue weighted by Crippen LogP contribution is 2.24. The van der Waals surface area contributed by atoms with Crippen molar-refractivity contribution in [2.45, 2.75) is 24.8 Å². The number of hydrogen-bond donors (Lipinski definition) is 1. The average molecular weight is 413 g/mol. The summed E-state index contributed by atoms with van der Waals surface area (Å²) in [5.41, 5.74) is 0.708. The van der Waals surface area contributed by atoms with E-state index in [-0.39, 0.29) is 17.9 Å². The van der Waals surface area contributed by atoms with Crippen molar-refractivity contribution in [3.8, 4) is 11.4 Å². The van der Waals surface area contributed by atoms with Crippen LogP contribution in [0.4, 0.5) is 13.2 Å². The van der Waals surface area contributed by atoms with Gasteiger partial charge in [0.1, 0.15) is 11.4 Å². The van der Waals surface area contributed by atoms with Crippen LogP contribution in [0.2, 0.25) is 0 Å². The Bertz CT molecular complexity index is 1010. The van der Waals surface area contributed by atoms with Crippen LogP contribution in [0.15, 0.2) is 46.5 Å². The van der Waals surface area contributed by atoms with E-state index in [0.29, 0.717) is 34.2 Å². The Hall–Kier alpha value is -2.46. The van der Waals surface area contributed by atoms with Crippen molar-refractivity contribution in [2.24, 2.45) is 0 Å². The quantitative estimate of drug-likeness (QED) is 0.476. The van der Waals surface area contributed by atoms with E-state index >= 15 is 0 Å². The van der Waals surface area contributed by atoms with Crippen LogP contribution in [0, 0.1) is 0 Å². The molecule has 10 heteroatoms.